The molecule has 6 nitrogen and oxygen atoms in total. The zero-order valence-electron chi connectivity index (χ0n) is 10.6. The molecule has 0 aliphatic rings. The predicted molar refractivity (Wildman–Crippen MR) is 79.9 cm³/mol. The second-order valence-electron chi connectivity index (χ2n) is 4.06. The van der Waals surface area contributed by atoms with Crippen LogP contribution in [0, 0.1) is 6.92 Å². The molecule has 3 N–H and O–H groups in total. The monoisotopic (exact) mass is 308 g/mol. The largest absolute Gasteiger partial charge is 0.389 e. The molecule has 2 aromatic rings. The molecule has 1 aromatic carbocycles. The zero-order valence-corrected chi connectivity index (χ0v) is 12.2. The first-order chi connectivity index (χ1) is 9.40. The van der Waals surface area contributed by atoms with E-state index >= 15 is 0 Å². The number of aryl methyl sites for hydroxylation is 1. The minimum atomic E-state index is -3.71. The molecule has 8 heteroatoms. The summed E-state index contributed by atoms with van der Waals surface area (Å²) in [6, 6.07) is 7.64. The number of benzene rings is 1. The lowest BCUT2D eigenvalue weighted by Crippen LogP contribution is -2.16. The van der Waals surface area contributed by atoms with Crippen LogP contribution in [0.5, 0.6) is 0 Å². The first kappa shape index (κ1) is 14.4. The third kappa shape index (κ3) is 3.09. The topological polar surface area (TPSA) is 98.0 Å². The van der Waals surface area contributed by atoms with Gasteiger partial charge in [-0.15, -0.1) is 5.10 Å². The van der Waals surface area contributed by atoms with Crippen LogP contribution in [0.25, 0.3) is 0 Å². The van der Waals surface area contributed by atoms with E-state index in [4.69, 9.17) is 18.0 Å². The molecular weight excluding hydrogens is 296 g/mol. The molecule has 20 heavy (non-hydrogen) atoms. The van der Waals surface area contributed by atoms with E-state index in [0.717, 1.165) is 0 Å². The molecule has 1 heterocycles. The van der Waals surface area contributed by atoms with Crippen LogP contribution in [-0.4, -0.2) is 23.6 Å². The molecule has 0 saturated heterocycles. The van der Waals surface area contributed by atoms with Gasteiger partial charge >= 0.3 is 0 Å². The van der Waals surface area contributed by atoms with Gasteiger partial charge in [0.1, 0.15) is 4.99 Å². The Balaban J connectivity index is 2.35. The summed E-state index contributed by atoms with van der Waals surface area (Å²) < 4.78 is 26.7. The number of sulfonamides is 1. The number of nitrogens with two attached hydrogens (primary N) is 1. The standard InChI is InChI=1S/C12H12N4O2S2/c1-8-7-9(4-5-10(8)12(13)19)20(17,18)16-11-3-2-6-14-15-11/h2-7H,1H3,(H2,13,19)(H,15,16). The number of hydrogen-bond donors (Lipinski definition) is 2. The summed E-state index contributed by atoms with van der Waals surface area (Å²) in [5.74, 6) is 0.156. The Labute approximate surface area is 122 Å². The van der Waals surface area contributed by atoms with Gasteiger partial charge in [-0.2, -0.15) is 5.10 Å². The van der Waals surface area contributed by atoms with E-state index in [2.05, 4.69) is 14.9 Å². The number of nitrogens with one attached hydrogen (secondary N) is 1. The first-order valence-electron chi connectivity index (χ1n) is 5.61. The maximum absolute atomic E-state index is 12.2. The maximum Gasteiger partial charge on any atom is 0.263 e. The minimum Gasteiger partial charge on any atom is -0.389 e. The number of nitrogens with zero attached hydrogens (tertiary/aromatic N) is 2. The molecule has 0 saturated carbocycles. The van der Waals surface area contributed by atoms with Crippen LogP contribution in [-0.2, 0) is 10.0 Å². The van der Waals surface area contributed by atoms with E-state index in [-0.39, 0.29) is 15.7 Å². The molecule has 2 rings (SSSR count). The summed E-state index contributed by atoms with van der Waals surface area (Å²) in [4.78, 5) is 0.342. The number of hydrogen-bond acceptors (Lipinski definition) is 5. The molecule has 0 fully saturated rings. The van der Waals surface area contributed by atoms with Crippen LogP contribution >= 0.6 is 12.2 Å². The Morgan fingerprint density at radius 2 is 2.10 bits per heavy atom. The molecular formula is C12H12N4O2S2. The van der Waals surface area contributed by atoms with Crippen molar-refractivity contribution in [1.82, 2.24) is 10.2 Å². The zero-order chi connectivity index (χ0) is 14.8. The Bertz CT molecular complexity index is 745. The van der Waals surface area contributed by atoms with Crippen LogP contribution in [0.1, 0.15) is 11.1 Å². The van der Waals surface area contributed by atoms with E-state index < -0.39 is 10.0 Å². The van der Waals surface area contributed by atoms with Crippen LogP contribution in [0.3, 0.4) is 0 Å². The summed E-state index contributed by atoms with van der Waals surface area (Å²) in [6.45, 7) is 1.75. The lowest BCUT2D eigenvalue weighted by molar-refractivity contribution is 0.601. The van der Waals surface area contributed by atoms with Gasteiger partial charge in [0.05, 0.1) is 4.90 Å². The van der Waals surface area contributed by atoms with Crippen molar-refractivity contribution in [2.45, 2.75) is 11.8 Å². The van der Waals surface area contributed by atoms with Crippen molar-refractivity contribution >= 4 is 33.0 Å². The molecule has 1 aromatic heterocycles. The van der Waals surface area contributed by atoms with Crippen molar-refractivity contribution in [3.05, 3.63) is 47.7 Å². The van der Waals surface area contributed by atoms with E-state index in [1.54, 1.807) is 19.1 Å². The van der Waals surface area contributed by atoms with E-state index in [9.17, 15) is 8.42 Å². The summed E-state index contributed by atoms with van der Waals surface area (Å²) in [6.07, 6.45) is 1.46. The third-order valence-corrected chi connectivity index (χ3v) is 4.16. The highest BCUT2D eigenvalue weighted by molar-refractivity contribution is 7.92. The number of anilines is 1. The molecule has 0 atom stereocenters. The van der Waals surface area contributed by atoms with Gasteiger partial charge in [0.15, 0.2) is 5.82 Å². The molecule has 0 unspecified atom stereocenters. The Kier molecular flexibility index (Phi) is 3.96. The summed E-state index contributed by atoms with van der Waals surface area (Å²) in [5, 5.41) is 7.28. The van der Waals surface area contributed by atoms with Crippen molar-refractivity contribution < 1.29 is 8.42 Å². The van der Waals surface area contributed by atoms with Gasteiger partial charge in [-0.25, -0.2) is 8.42 Å². The number of aromatic nitrogens is 2. The van der Waals surface area contributed by atoms with Gasteiger partial charge in [0, 0.05) is 11.8 Å². The fourth-order valence-electron chi connectivity index (χ4n) is 1.63. The third-order valence-electron chi connectivity index (χ3n) is 2.58. The SMILES string of the molecule is Cc1cc(S(=O)(=O)Nc2cccnn2)ccc1C(N)=S. The molecule has 104 valence electrons. The van der Waals surface area contributed by atoms with Gasteiger partial charge in [0.25, 0.3) is 10.0 Å². The predicted octanol–water partition coefficient (Wildman–Crippen LogP) is 1.22. The van der Waals surface area contributed by atoms with Crippen LogP contribution < -0.4 is 10.5 Å². The highest BCUT2D eigenvalue weighted by atomic mass is 32.2. The van der Waals surface area contributed by atoms with Crippen LogP contribution in [0.2, 0.25) is 0 Å². The smallest absolute Gasteiger partial charge is 0.263 e. The van der Waals surface area contributed by atoms with E-state index in [1.165, 1.54) is 24.4 Å². The fourth-order valence-corrected chi connectivity index (χ4v) is 2.94. The van der Waals surface area contributed by atoms with Crippen molar-refractivity contribution in [3.8, 4) is 0 Å². The molecule has 0 aliphatic carbocycles. The van der Waals surface area contributed by atoms with Gasteiger partial charge in [-0.05, 0) is 36.8 Å². The maximum atomic E-state index is 12.2. The fraction of sp³-hybridized carbons (Fsp3) is 0.0833. The van der Waals surface area contributed by atoms with Crippen molar-refractivity contribution in [2.75, 3.05) is 4.72 Å². The quantitative estimate of drug-likeness (QED) is 0.824. The molecule has 0 aliphatic heterocycles. The van der Waals surface area contributed by atoms with Crippen LogP contribution in [0.4, 0.5) is 5.82 Å². The van der Waals surface area contributed by atoms with Crippen molar-refractivity contribution in [2.24, 2.45) is 5.73 Å². The lowest BCUT2D eigenvalue weighted by atomic mass is 10.1. The second-order valence-corrected chi connectivity index (χ2v) is 6.18. The molecule has 0 radical (unpaired) electrons. The highest BCUT2D eigenvalue weighted by Crippen LogP contribution is 2.17. The van der Waals surface area contributed by atoms with Gasteiger partial charge in [-0.1, -0.05) is 18.3 Å². The molecule has 0 bridgehead atoms. The average Bonchev–Trinajstić information content (AvgIpc) is 2.38. The van der Waals surface area contributed by atoms with Crippen molar-refractivity contribution in [1.29, 1.82) is 0 Å². The average molecular weight is 308 g/mol. The number of thiocarbonyl (C=S) groups is 1. The lowest BCUT2D eigenvalue weighted by Gasteiger charge is -2.09. The number of rotatable bonds is 4. The van der Waals surface area contributed by atoms with Crippen molar-refractivity contribution in [3.63, 3.8) is 0 Å². The summed E-state index contributed by atoms with van der Waals surface area (Å²) >= 11 is 4.89. The van der Waals surface area contributed by atoms with Gasteiger partial charge in [-0.3, -0.25) is 4.72 Å². The van der Waals surface area contributed by atoms with Crippen LogP contribution in [0.15, 0.2) is 41.4 Å². The molecule has 0 spiro atoms. The van der Waals surface area contributed by atoms with Gasteiger partial charge in [0.2, 0.25) is 0 Å². The highest BCUT2D eigenvalue weighted by Gasteiger charge is 2.16. The molecule has 0 amide bonds. The minimum absolute atomic E-state index is 0.112. The second kappa shape index (κ2) is 5.51. The Morgan fingerprint density at radius 3 is 2.65 bits per heavy atom. The summed E-state index contributed by atoms with van der Waals surface area (Å²) in [7, 11) is -3.71. The van der Waals surface area contributed by atoms with E-state index in [1.807, 2.05) is 0 Å². The van der Waals surface area contributed by atoms with E-state index in [0.29, 0.717) is 11.1 Å². The first-order valence-corrected chi connectivity index (χ1v) is 7.50. The van der Waals surface area contributed by atoms with Gasteiger partial charge < -0.3 is 5.73 Å². The Hall–Kier alpha value is -2.06. The Morgan fingerprint density at radius 1 is 1.35 bits per heavy atom. The summed E-state index contributed by atoms with van der Waals surface area (Å²) in [5.41, 5.74) is 6.89. The normalized spacial score (nSPS) is 11.1.